The van der Waals surface area contributed by atoms with Crippen LogP contribution in [-0.2, 0) is 14.3 Å². The van der Waals surface area contributed by atoms with Gasteiger partial charge in [-0.3, -0.25) is 9.59 Å². The maximum absolute atomic E-state index is 12.5. The van der Waals surface area contributed by atoms with E-state index in [1.165, 1.54) is 347 Å². The van der Waals surface area contributed by atoms with Crippen molar-refractivity contribution < 1.29 is 24.5 Å². The van der Waals surface area contributed by atoms with Gasteiger partial charge in [-0.15, -0.1) is 0 Å². The van der Waals surface area contributed by atoms with Crippen LogP contribution in [0.5, 0.6) is 0 Å². The molecule has 0 heterocycles. The normalized spacial score (nSPS) is 12.4. The van der Waals surface area contributed by atoms with Crippen LogP contribution in [0.15, 0.2) is 0 Å². The predicted octanol–water partition coefficient (Wildman–Crippen LogP) is 23.0. The van der Waals surface area contributed by atoms with E-state index in [2.05, 4.69) is 19.2 Å². The first-order valence-corrected chi connectivity index (χ1v) is 35.8. The van der Waals surface area contributed by atoms with E-state index >= 15 is 0 Å². The molecule has 0 aromatic heterocycles. The molecule has 0 aromatic rings. The van der Waals surface area contributed by atoms with Crippen molar-refractivity contribution >= 4 is 11.9 Å². The number of aliphatic hydroxyl groups excluding tert-OH is 2. The van der Waals surface area contributed by atoms with Crippen LogP contribution >= 0.6 is 0 Å². The van der Waals surface area contributed by atoms with Gasteiger partial charge >= 0.3 is 5.97 Å². The van der Waals surface area contributed by atoms with E-state index in [1.54, 1.807) is 0 Å². The maximum atomic E-state index is 12.5. The summed E-state index contributed by atoms with van der Waals surface area (Å²) in [5, 5.41) is 23.2. The van der Waals surface area contributed by atoms with Gasteiger partial charge in [0.1, 0.15) is 0 Å². The molecule has 0 bridgehead atoms. The first-order chi connectivity index (χ1) is 38.0. The Morgan fingerprint density at radius 2 is 0.532 bits per heavy atom. The van der Waals surface area contributed by atoms with Gasteiger partial charge in [0, 0.05) is 12.8 Å². The Bertz CT molecular complexity index is 1120. The molecule has 3 N–H and O–H groups in total. The summed E-state index contributed by atoms with van der Waals surface area (Å²) >= 11 is 0. The fraction of sp³-hybridized carbons (Fsp3) is 0.972. The highest BCUT2D eigenvalue weighted by molar-refractivity contribution is 5.76. The van der Waals surface area contributed by atoms with Crippen LogP contribution < -0.4 is 5.32 Å². The number of carbonyl (C=O) groups excluding carboxylic acids is 2. The minimum absolute atomic E-state index is 0.0259. The second-order valence-electron chi connectivity index (χ2n) is 24.9. The SMILES string of the molecule is CCCCCCCCCCCCCCCCC(=O)OCCCCCCCCCCCCCCCCCCCCCCCCCCCCCCCCCCCCCC(=O)NC(CO)C(O)CCCCCCCCCCCCC. The topological polar surface area (TPSA) is 95.9 Å². The molecule has 0 spiro atoms. The Balaban J connectivity index is 3.27. The average molecular weight is 1090 g/mol. The Morgan fingerprint density at radius 1 is 0.312 bits per heavy atom. The van der Waals surface area contributed by atoms with Crippen molar-refractivity contribution in [1.29, 1.82) is 0 Å². The lowest BCUT2D eigenvalue weighted by molar-refractivity contribution is -0.143. The quantitative estimate of drug-likeness (QED) is 0.0417. The Hall–Kier alpha value is -1.14. The number of rotatable bonds is 68. The molecule has 0 rings (SSSR count). The summed E-state index contributed by atoms with van der Waals surface area (Å²) in [6.45, 7) is 4.99. The zero-order chi connectivity index (χ0) is 55.7. The van der Waals surface area contributed by atoms with Gasteiger partial charge in [0.2, 0.25) is 5.91 Å². The molecular weight excluding hydrogens is 947 g/mol. The molecule has 1 amide bonds. The van der Waals surface area contributed by atoms with Crippen molar-refractivity contribution in [2.75, 3.05) is 13.2 Å². The van der Waals surface area contributed by atoms with Crippen molar-refractivity contribution in [2.45, 2.75) is 431 Å². The zero-order valence-corrected chi connectivity index (χ0v) is 52.7. The van der Waals surface area contributed by atoms with Crippen molar-refractivity contribution in [3.05, 3.63) is 0 Å². The van der Waals surface area contributed by atoms with Gasteiger partial charge in [0.25, 0.3) is 0 Å². The third-order valence-electron chi connectivity index (χ3n) is 17.2. The summed E-state index contributed by atoms with van der Waals surface area (Å²) in [5.74, 6) is -0.00208. The first kappa shape index (κ1) is 75.9. The molecule has 2 unspecified atom stereocenters. The van der Waals surface area contributed by atoms with Gasteiger partial charge in [-0.2, -0.15) is 0 Å². The smallest absolute Gasteiger partial charge is 0.305 e. The van der Waals surface area contributed by atoms with E-state index in [9.17, 15) is 19.8 Å². The second kappa shape index (κ2) is 67.4. The van der Waals surface area contributed by atoms with Gasteiger partial charge in [0.05, 0.1) is 25.4 Å². The molecule has 0 saturated carbocycles. The number of amides is 1. The van der Waals surface area contributed by atoms with Crippen molar-refractivity contribution in [1.82, 2.24) is 5.32 Å². The highest BCUT2D eigenvalue weighted by Gasteiger charge is 2.20. The molecule has 0 aliphatic heterocycles. The van der Waals surface area contributed by atoms with Crippen molar-refractivity contribution in [2.24, 2.45) is 0 Å². The van der Waals surface area contributed by atoms with Crippen LogP contribution in [0.2, 0.25) is 0 Å². The molecule has 460 valence electrons. The lowest BCUT2D eigenvalue weighted by Gasteiger charge is -2.22. The molecule has 0 aliphatic rings. The van der Waals surface area contributed by atoms with Gasteiger partial charge in [0.15, 0.2) is 0 Å². The first-order valence-electron chi connectivity index (χ1n) is 35.8. The monoisotopic (exact) mass is 1090 g/mol. The summed E-state index contributed by atoms with van der Waals surface area (Å²) in [7, 11) is 0. The Labute approximate surface area is 483 Å². The maximum Gasteiger partial charge on any atom is 0.305 e. The summed E-state index contributed by atoms with van der Waals surface area (Å²) < 4.78 is 5.50. The molecule has 0 aromatic carbocycles. The van der Waals surface area contributed by atoms with E-state index in [1.807, 2.05) is 0 Å². The third-order valence-corrected chi connectivity index (χ3v) is 17.2. The van der Waals surface area contributed by atoms with Crippen LogP contribution in [0.4, 0.5) is 0 Å². The molecule has 6 nitrogen and oxygen atoms in total. The molecule has 77 heavy (non-hydrogen) atoms. The summed E-state index contributed by atoms with van der Waals surface area (Å²) in [6.07, 6.45) is 81.8. The number of hydrogen-bond acceptors (Lipinski definition) is 5. The standard InChI is InChI=1S/C71H141NO5/c1-3-5-7-9-11-13-15-16-41-45-49-53-57-61-65-71(76)77-66-62-58-54-50-46-42-39-37-35-33-31-29-27-25-23-21-19-17-18-20-22-24-26-28-30-32-34-36-38-40-44-48-52-56-60-64-70(75)72-68(67-73)69(74)63-59-55-51-47-43-14-12-10-8-6-4-2/h68-69,73-74H,3-67H2,1-2H3,(H,72,75). The van der Waals surface area contributed by atoms with E-state index < -0.39 is 12.1 Å². The van der Waals surface area contributed by atoms with Crippen molar-refractivity contribution in [3.8, 4) is 0 Å². The minimum Gasteiger partial charge on any atom is -0.466 e. The van der Waals surface area contributed by atoms with Gasteiger partial charge < -0.3 is 20.3 Å². The number of carbonyl (C=O) groups is 2. The Morgan fingerprint density at radius 3 is 0.792 bits per heavy atom. The molecule has 0 aliphatic carbocycles. The van der Waals surface area contributed by atoms with E-state index in [0.717, 1.165) is 38.5 Å². The molecule has 0 saturated heterocycles. The number of aliphatic hydroxyl groups is 2. The van der Waals surface area contributed by atoms with Gasteiger partial charge in [-0.25, -0.2) is 0 Å². The highest BCUT2D eigenvalue weighted by Crippen LogP contribution is 2.20. The van der Waals surface area contributed by atoms with Crippen LogP contribution in [-0.4, -0.2) is 47.4 Å². The van der Waals surface area contributed by atoms with E-state index in [-0.39, 0.29) is 18.5 Å². The summed E-state index contributed by atoms with van der Waals surface area (Å²) in [6, 6.07) is -0.534. The van der Waals surface area contributed by atoms with Gasteiger partial charge in [-0.1, -0.05) is 380 Å². The fourth-order valence-corrected chi connectivity index (χ4v) is 11.7. The largest absolute Gasteiger partial charge is 0.466 e. The van der Waals surface area contributed by atoms with Crippen LogP contribution in [0.3, 0.4) is 0 Å². The Kier molecular flexibility index (Phi) is 66.4. The van der Waals surface area contributed by atoms with Crippen molar-refractivity contribution in [3.63, 3.8) is 0 Å². The van der Waals surface area contributed by atoms with E-state index in [4.69, 9.17) is 4.74 Å². The van der Waals surface area contributed by atoms with Gasteiger partial charge in [-0.05, 0) is 25.7 Å². The summed E-state index contributed by atoms with van der Waals surface area (Å²) in [5.41, 5.74) is 0. The predicted molar refractivity (Wildman–Crippen MR) is 338 cm³/mol. The molecule has 6 heteroatoms. The average Bonchev–Trinajstić information content (AvgIpc) is 3.43. The second-order valence-corrected chi connectivity index (χ2v) is 24.9. The van der Waals surface area contributed by atoms with Crippen LogP contribution in [0, 0.1) is 0 Å². The highest BCUT2D eigenvalue weighted by atomic mass is 16.5. The molecular formula is C71H141NO5. The van der Waals surface area contributed by atoms with E-state index in [0.29, 0.717) is 25.9 Å². The minimum atomic E-state index is -0.658. The summed E-state index contributed by atoms with van der Waals surface area (Å²) in [4.78, 5) is 24.5. The fourth-order valence-electron chi connectivity index (χ4n) is 11.7. The zero-order valence-electron chi connectivity index (χ0n) is 52.7. The number of unbranched alkanes of at least 4 members (excludes halogenated alkanes) is 57. The van der Waals surface area contributed by atoms with Crippen LogP contribution in [0.25, 0.3) is 0 Å². The number of esters is 1. The lowest BCUT2D eigenvalue weighted by Crippen LogP contribution is -2.45. The number of ether oxygens (including phenoxy) is 1. The molecule has 2 atom stereocenters. The number of nitrogens with one attached hydrogen (secondary N) is 1. The molecule has 0 radical (unpaired) electrons. The number of hydrogen-bond donors (Lipinski definition) is 3. The van der Waals surface area contributed by atoms with Crippen LogP contribution in [0.1, 0.15) is 418 Å². The third kappa shape index (κ3) is 63.9. The lowest BCUT2D eigenvalue weighted by atomic mass is 10.0. The molecule has 0 fully saturated rings.